The van der Waals surface area contributed by atoms with Crippen molar-refractivity contribution in [2.45, 2.75) is 31.8 Å². The van der Waals surface area contributed by atoms with Crippen molar-refractivity contribution < 1.29 is 4.74 Å². The summed E-state index contributed by atoms with van der Waals surface area (Å²) in [6, 6.07) is 6.62. The molecule has 2 rings (SSSR count). The lowest BCUT2D eigenvalue weighted by molar-refractivity contribution is 0.137. The van der Waals surface area contributed by atoms with E-state index in [1.54, 1.807) is 7.11 Å². The van der Waals surface area contributed by atoms with Gasteiger partial charge in [-0.25, -0.2) is 4.98 Å². The van der Waals surface area contributed by atoms with Crippen LogP contribution in [0.3, 0.4) is 0 Å². The van der Waals surface area contributed by atoms with Gasteiger partial charge in [-0.1, -0.05) is 12.5 Å². The van der Waals surface area contributed by atoms with E-state index in [4.69, 9.17) is 4.74 Å². The fraction of sp³-hybridized carbons (Fsp3) is 0.643. The summed E-state index contributed by atoms with van der Waals surface area (Å²) < 4.78 is 5.18. The molecule has 2 heterocycles. The highest BCUT2D eigenvalue weighted by Gasteiger charge is 2.21. The topological polar surface area (TPSA) is 37.4 Å². The third-order valence-electron chi connectivity index (χ3n) is 3.54. The van der Waals surface area contributed by atoms with Crippen LogP contribution in [0.4, 0.5) is 0 Å². The van der Waals surface area contributed by atoms with Crippen LogP contribution in [0.1, 0.15) is 25.0 Å². The van der Waals surface area contributed by atoms with Crippen molar-refractivity contribution in [1.29, 1.82) is 0 Å². The van der Waals surface area contributed by atoms with Crippen LogP contribution in [0.15, 0.2) is 18.2 Å². The zero-order chi connectivity index (χ0) is 12.8. The molecule has 0 radical (unpaired) electrons. The summed E-state index contributed by atoms with van der Waals surface area (Å²) in [5.74, 6) is 0.703. The Morgan fingerprint density at radius 3 is 3.11 bits per heavy atom. The maximum atomic E-state index is 5.18. The number of ether oxygens (including phenoxy) is 1. The molecule has 1 unspecified atom stereocenters. The second-order valence-electron chi connectivity index (χ2n) is 4.85. The molecule has 1 aliphatic heterocycles. The van der Waals surface area contributed by atoms with Gasteiger partial charge in [0, 0.05) is 25.2 Å². The maximum Gasteiger partial charge on any atom is 0.213 e. The van der Waals surface area contributed by atoms with Gasteiger partial charge in [-0.3, -0.25) is 4.90 Å². The minimum atomic E-state index is 0.636. The van der Waals surface area contributed by atoms with E-state index in [9.17, 15) is 0 Å². The highest BCUT2D eigenvalue weighted by Crippen LogP contribution is 2.19. The summed E-state index contributed by atoms with van der Waals surface area (Å²) in [4.78, 5) is 7.03. The molecule has 4 heteroatoms. The van der Waals surface area contributed by atoms with Gasteiger partial charge in [-0.05, 0) is 32.5 Å². The van der Waals surface area contributed by atoms with E-state index in [1.807, 2.05) is 19.2 Å². The Kier molecular flexibility index (Phi) is 4.96. The Bertz CT molecular complexity index is 368. The molecular formula is C14H23N3O. The van der Waals surface area contributed by atoms with E-state index in [2.05, 4.69) is 21.3 Å². The molecule has 0 bridgehead atoms. The Morgan fingerprint density at radius 2 is 2.33 bits per heavy atom. The number of piperidine rings is 1. The minimum absolute atomic E-state index is 0.636. The number of pyridine rings is 1. The lowest BCUT2D eigenvalue weighted by Crippen LogP contribution is -2.44. The molecule has 18 heavy (non-hydrogen) atoms. The summed E-state index contributed by atoms with van der Waals surface area (Å²) in [5, 5.41) is 3.29. The predicted molar refractivity (Wildman–Crippen MR) is 72.8 cm³/mol. The second kappa shape index (κ2) is 6.71. The number of methoxy groups -OCH3 is 1. The lowest BCUT2D eigenvalue weighted by atomic mass is 10.0. The first-order valence-corrected chi connectivity index (χ1v) is 6.72. The van der Waals surface area contributed by atoms with E-state index in [-0.39, 0.29) is 0 Å². The second-order valence-corrected chi connectivity index (χ2v) is 4.85. The van der Waals surface area contributed by atoms with E-state index in [1.165, 1.54) is 25.8 Å². The van der Waals surface area contributed by atoms with Crippen molar-refractivity contribution in [3.05, 3.63) is 23.9 Å². The quantitative estimate of drug-likeness (QED) is 0.861. The Labute approximate surface area is 109 Å². The summed E-state index contributed by atoms with van der Waals surface area (Å²) in [6.45, 7) is 3.15. The van der Waals surface area contributed by atoms with Crippen LogP contribution in [-0.4, -0.2) is 43.2 Å². The summed E-state index contributed by atoms with van der Waals surface area (Å²) in [7, 11) is 3.69. The third-order valence-corrected chi connectivity index (χ3v) is 3.54. The maximum absolute atomic E-state index is 5.18. The summed E-state index contributed by atoms with van der Waals surface area (Å²) >= 11 is 0. The van der Waals surface area contributed by atoms with Crippen molar-refractivity contribution in [3.8, 4) is 5.88 Å². The molecule has 1 N–H and O–H groups in total. The van der Waals surface area contributed by atoms with Gasteiger partial charge in [0.15, 0.2) is 0 Å². The van der Waals surface area contributed by atoms with E-state index in [0.717, 1.165) is 18.8 Å². The van der Waals surface area contributed by atoms with Gasteiger partial charge in [-0.2, -0.15) is 0 Å². The van der Waals surface area contributed by atoms with Crippen LogP contribution >= 0.6 is 0 Å². The van der Waals surface area contributed by atoms with Gasteiger partial charge >= 0.3 is 0 Å². The average molecular weight is 249 g/mol. The molecule has 1 aromatic heterocycles. The van der Waals surface area contributed by atoms with Gasteiger partial charge in [0.1, 0.15) is 0 Å². The van der Waals surface area contributed by atoms with Crippen molar-refractivity contribution in [3.63, 3.8) is 0 Å². The largest absolute Gasteiger partial charge is 0.481 e. The van der Waals surface area contributed by atoms with Crippen LogP contribution < -0.4 is 10.1 Å². The third kappa shape index (κ3) is 3.43. The van der Waals surface area contributed by atoms with Crippen molar-refractivity contribution in [1.82, 2.24) is 15.2 Å². The molecule has 4 nitrogen and oxygen atoms in total. The molecule has 1 aromatic rings. The van der Waals surface area contributed by atoms with E-state index < -0.39 is 0 Å². The molecule has 100 valence electrons. The molecule has 0 spiro atoms. The van der Waals surface area contributed by atoms with Crippen LogP contribution in [-0.2, 0) is 6.54 Å². The van der Waals surface area contributed by atoms with Crippen molar-refractivity contribution in [2.75, 3.05) is 27.2 Å². The predicted octanol–water partition coefficient (Wildman–Crippen LogP) is 1.66. The van der Waals surface area contributed by atoms with Gasteiger partial charge in [0.25, 0.3) is 0 Å². The smallest absolute Gasteiger partial charge is 0.213 e. The first-order valence-electron chi connectivity index (χ1n) is 6.72. The number of aromatic nitrogens is 1. The summed E-state index contributed by atoms with van der Waals surface area (Å²) in [6.07, 6.45) is 3.92. The average Bonchev–Trinajstić information content (AvgIpc) is 2.41. The fourth-order valence-corrected chi connectivity index (χ4v) is 2.60. The highest BCUT2D eigenvalue weighted by atomic mass is 16.5. The number of hydrogen-bond donors (Lipinski definition) is 1. The van der Waals surface area contributed by atoms with Crippen LogP contribution in [0.25, 0.3) is 0 Å². The number of likely N-dealkylation sites (tertiary alicyclic amines) is 1. The SMILES string of the molecule is CNCC1CCCCN1Cc1cccc(OC)n1. The normalized spacial score (nSPS) is 20.9. The lowest BCUT2D eigenvalue weighted by Gasteiger charge is -2.35. The molecule has 1 atom stereocenters. The van der Waals surface area contributed by atoms with Gasteiger partial charge in [0.2, 0.25) is 5.88 Å². The molecule has 1 aliphatic rings. The fourth-order valence-electron chi connectivity index (χ4n) is 2.60. The Balaban J connectivity index is 2.01. The minimum Gasteiger partial charge on any atom is -0.481 e. The standard InChI is InChI=1S/C14H23N3O/c1-15-10-13-7-3-4-9-17(13)11-12-6-5-8-14(16-12)18-2/h5-6,8,13,15H,3-4,7,9-11H2,1-2H3. The Hall–Kier alpha value is -1.13. The number of hydrogen-bond acceptors (Lipinski definition) is 4. The monoisotopic (exact) mass is 249 g/mol. The number of likely N-dealkylation sites (N-methyl/N-ethyl adjacent to an activating group) is 1. The van der Waals surface area contributed by atoms with Gasteiger partial charge in [0.05, 0.1) is 12.8 Å². The van der Waals surface area contributed by atoms with Crippen LogP contribution in [0.5, 0.6) is 5.88 Å². The zero-order valence-corrected chi connectivity index (χ0v) is 11.4. The van der Waals surface area contributed by atoms with Gasteiger partial charge < -0.3 is 10.1 Å². The molecule has 1 saturated heterocycles. The highest BCUT2D eigenvalue weighted by molar-refractivity contribution is 5.15. The molecule has 1 fully saturated rings. The molecule has 0 aromatic carbocycles. The van der Waals surface area contributed by atoms with Crippen LogP contribution in [0.2, 0.25) is 0 Å². The molecule has 0 aliphatic carbocycles. The van der Waals surface area contributed by atoms with Crippen molar-refractivity contribution >= 4 is 0 Å². The van der Waals surface area contributed by atoms with Crippen LogP contribution in [0, 0.1) is 0 Å². The number of nitrogens with one attached hydrogen (secondary N) is 1. The molecule has 0 saturated carbocycles. The molecular weight excluding hydrogens is 226 g/mol. The number of nitrogens with zero attached hydrogens (tertiary/aromatic N) is 2. The van der Waals surface area contributed by atoms with Crippen molar-refractivity contribution in [2.24, 2.45) is 0 Å². The zero-order valence-electron chi connectivity index (χ0n) is 11.4. The molecule has 0 amide bonds. The first-order chi connectivity index (χ1) is 8.83. The van der Waals surface area contributed by atoms with E-state index >= 15 is 0 Å². The number of rotatable bonds is 5. The Morgan fingerprint density at radius 1 is 1.44 bits per heavy atom. The van der Waals surface area contributed by atoms with E-state index in [0.29, 0.717) is 11.9 Å². The first kappa shape index (κ1) is 13.3. The summed E-state index contributed by atoms with van der Waals surface area (Å²) in [5.41, 5.74) is 1.09. The van der Waals surface area contributed by atoms with Gasteiger partial charge in [-0.15, -0.1) is 0 Å².